The molecule has 4 nitrogen and oxygen atoms in total. The third-order valence-electron chi connectivity index (χ3n) is 2.35. The highest BCUT2D eigenvalue weighted by Crippen LogP contribution is 2.10. The Morgan fingerprint density at radius 2 is 1.88 bits per heavy atom. The average Bonchev–Trinajstić information content (AvgIpc) is 2.58. The topological polar surface area (TPSA) is 60.9 Å². The quantitative estimate of drug-likeness (QED) is 0.788. The number of nitrogens with zero attached hydrogens (tertiary/aromatic N) is 2. The number of hydrogen-bond donors (Lipinski definition) is 1. The van der Waals surface area contributed by atoms with E-state index >= 15 is 0 Å². The van der Waals surface area contributed by atoms with E-state index in [-0.39, 0.29) is 5.91 Å². The van der Waals surface area contributed by atoms with Crippen LogP contribution in [-0.2, 0) is 0 Å². The molecular weight excluding hydrogens is 202 g/mol. The first-order valence-corrected chi connectivity index (χ1v) is 5.01. The molecule has 1 aromatic heterocycles. The molecule has 1 heterocycles. The molecule has 0 spiro atoms. The first-order chi connectivity index (χ1) is 7.58. The Labute approximate surface area is 93.7 Å². The molecule has 4 heteroatoms. The van der Waals surface area contributed by atoms with Crippen molar-refractivity contribution in [3.05, 3.63) is 47.2 Å². The summed E-state index contributed by atoms with van der Waals surface area (Å²) in [5, 5.41) is 4.05. The molecule has 0 amide bonds. The Morgan fingerprint density at radius 3 is 2.38 bits per heavy atom. The van der Waals surface area contributed by atoms with Crippen LogP contribution in [0.4, 0.5) is 5.82 Å². The molecule has 0 atom stereocenters. The van der Waals surface area contributed by atoms with Gasteiger partial charge in [0.1, 0.15) is 5.82 Å². The number of aromatic nitrogens is 2. The van der Waals surface area contributed by atoms with Crippen molar-refractivity contribution < 1.29 is 4.79 Å². The largest absolute Gasteiger partial charge is 0.383 e. The maximum atomic E-state index is 12.0. The fourth-order valence-corrected chi connectivity index (χ4v) is 1.50. The highest BCUT2D eigenvalue weighted by Gasteiger charge is 2.12. The molecular formula is C12H13N3O. The second-order valence-corrected chi connectivity index (χ2v) is 3.79. The van der Waals surface area contributed by atoms with Gasteiger partial charge in [-0.05, 0) is 26.0 Å². The zero-order valence-corrected chi connectivity index (χ0v) is 9.27. The molecule has 0 aliphatic heterocycles. The van der Waals surface area contributed by atoms with Crippen molar-refractivity contribution in [3.8, 4) is 0 Å². The first kappa shape index (κ1) is 10.4. The normalized spacial score (nSPS) is 10.4. The molecule has 2 aromatic rings. The predicted molar refractivity (Wildman–Crippen MR) is 62.3 cm³/mol. The number of aryl methyl sites for hydroxylation is 2. The van der Waals surface area contributed by atoms with Gasteiger partial charge in [-0.1, -0.05) is 17.7 Å². The Bertz CT molecular complexity index is 526. The number of carbonyl (C=O) groups is 1. The van der Waals surface area contributed by atoms with Gasteiger partial charge in [0.15, 0.2) is 0 Å². The molecule has 0 aliphatic rings. The zero-order chi connectivity index (χ0) is 11.7. The van der Waals surface area contributed by atoms with Gasteiger partial charge in [0.2, 0.25) is 0 Å². The molecule has 0 bridgehead atoms. The lowest BCUT2D eigenvalue weighted by atomic mass is 10.1. The Kier molecular flexibility index (Phi) is 2.48. The lowest BCUT2D eigenvalue weighted by molar-refractivity contribution is 0.0947. The number of anilines is 1. The van der Waals surface area contributed by atoms with E-state index < -0.39 is 0 Å². The second-order valence-electron chi connectivity index (χ2n) is 3.79. The van der Waals surface area contributed by atoms with Gasteiger partial charge in [-0.2, -0.15) is 9.78 Å². The van der Waals surface area contributed by atoms with Crippen molar-refractivity contribution in [3.63, 3.8) is 0 Å². The summed E-state index contributed by atoms with van der Waals surface area (Å²) in [6, 6.07) is 8.99. The molecule has 0 fully saturated rings. The molecule has 1 aromatic carbocycles. The minimum absolute atomic E-state index is 0.203. The number of carbonyl (C=O) groups excluding carboxylic acids is 1. The number of hydrogen-bond acceptors (Lipinski definition) is 3. The Hall–Kier alpha value is -2.10. The van der Waals surface area contributed by atoms with Gasteiger partial charge in [-0.3, -0.25) is 4.79 Å². The van der Waals surface area contributed by atoms with E-state index in [2.05, 4.69) is 5.10 Å². The summed E-state index contributed by atoms with van der Waals surface area (Å²) in [6.45, 7) is 3.77. The number of nitrogens with two attached hydrogens (primary N) is 1. The maximum absolute atomic E-state index is 12.0. The SMILES string of the molecule is Cc1ccc(C(=O)n2nc(C)cc2N)cc1. The van der Waals surface area contributed by atoms with Crippen LogP contribution in [0.5, 0.6) is 0 Å². The molecule has 0 saturated heterocycles. The second kappa shape index (κ2) is 3.81. The highest BCUT2D eigenvalue weighted by atomic mass is 16.2. The maximum Gasteiger partial charge on any atom is 0.280 e. The van der Waals surface area contributed by atoms with Crippen LogP contribution in [0.3, 0.4) is 0 Å². The summed E-state index contributed by atoms with van der Waals surface area (Å²) in [4.78, 5) is 12.0. The van der Waals surface area contributed by atoms with E-state index in [1.165, 1.54) is 4.68 Å². The van der Waals surface area contributed by atoms with E-state index in [0.29, 0.717) is 11.4 Å². The van der Waals surface area contributed by atoms with Gasteiger partial charge in [0.05, 0.1) is 5.69 Å². The van der Waals surface area contributed by atoms with E-state index in [1.54, 1.807) is 25.1 Å². The smallest absolute Gasteiger partial charge is 0.280 e. The van der Waals surface area contributed by atoms with Crippen LogP contribution < -0.4 is 5.73 Å². The minimum atomic E-state index is -0.203. The van der Waals surface area contributed by atoms with Gasteiger partial charge in [0.25, 0.3) is 5.91 Å². The third-order valence-corrected chi connectivity index (χ3v) is 2.35. The van der Waals surface area contributed by atoms with Crippen LogP contribution in [0.15, 0.2) is 30.3 Å². The molecule has 0 unspecified atom stereocenters. The standard InChI is InChI=1S/C12H13N3O/c1-8-3-5-10(6-4-8)12(16)15-11(13)7-9(2)14-15/h3-7H,13H2,1-2H3. The fourth-order valence-electron chi connectivity index (χ4n) is 1.50. The van der Waals surface area contributed by atoms with Gasteiger partial charge >= 0.3 is 0 Å². The van der Waals surface area contributed by atoms with Crippen LogP contribution in [0.1, 0.15) is 21.6 Å². The predicted octanol–water partition coefficient (Wildman–Crippen LogP) is 1.77. The zero-order valence-electron chi connectivity index (χ0n) is 9.27. The van der Waals surface area contributed by atoms with Gasteiger partial charge in [-0.15, -0.1) is 0 Å². The molecule has 0 saturated carbocycles. The Balaban J connectivity index is 2.39. The van der Waals surface area contributed by atoms with Crippen LogP contribution >= 0.6 is 0 Å². The van der Waals surface area contributed by atoms with Crippen LogP contribution in [0.25, 0.3) is 0 Å². The summed E-state index contributed by atoms with van der Waals surface area (Å²) in [6.07, 6.45) is 0. The summed E-state index contributed by atoms with van der Waals surface area (Å²) < 4.78 is 1.22. The fraction of sp³-hybridized carbons (Fsp3) is 0.167. The van der Waals surface area contributed by atoms with Crippen LogP contribution in [0, 0.1) is 13.8 Å². The number of benzene rings is 1. The van der Waals surface area contributed by atoms with Crippen LogP contribution in [0.2, 0.25) is 0 Å². The molecule has 0 aliphatic carbocycles. The van der Waals surface area contributed by atoms with E-state index in [0.717, 1.165) is 11.3 Å². The van der Waals surface area contributed by atoms with Crippen molar-refractivity contribution in [1.82, 2.24) is 9.78 Å². The Morgan fingerprint density at radius 1 is 1.25 bits per heavy atom. The van der Waals surface area contributed by atoms with Crippen molar-refractivity contribution in [2.75, 3.05) is 5.73 Å². The summed E-state index contributed by atoms with van der Waals surface area (Å²) >= 11 is 0. The van der Waals surface area contributed by atoms with Crippen molar-refractivity contribution in [1.29, 1.82) is 0 Å². The minimum Gasteiger partial charge on any atom is -0.383 e. The highest BCUT2D eigenvalue weighted by molar-refractivity contribution is 5.97. The average molecular weight is 215 g/mol. The number of nitrogen functional groups attached to an aromatic ring is 1. The van der Waals surface area contributed by atoms with Crippen molar-refractivity contribution >= 4 is 11.7 Å². The van der Waals surface area contributed by atoms with E-state index in [4.69, 9.17) is 5.73 Å². The monoisotopic (exact) mass is 215 g/mol. The third kappa shape index (κ3) is 1.82. The van der Waals surface area contributed by atoms with Gasteiger partial charge in [0, 0.05) is 11.6 Å². The lowest BCUT2D eigenvalue weighted by Gasteiger charge is -2.02. The van der Waals surface area contributed by atoms with Crippen molar-refractivity contribution in [2.45, 2.75) is 13.8 Å². The lowest BCUT2D eigenvalue weighted by Crippen LogP contribution is -2.16. The van der Waals surface area contributed by atoms with Gasteiger partial charge in [-0.25, -0.2) is 0 Å². The molecule has 2 rings (SSSR count). The molecule has 16 heavy (non-hydrogen) atoms. The van der Waals surface area contributed by atoms with Crippen molar-refractivity contribution in [2.24, 2.45) is 0 Å². The van der Waals surface area contributed by atoms with Gasteiger partial charge < -0.3 is 5.73 Å². The van der Waals surface area contributed by atoms with Crippen LogP contribution in [-0.4, -0.2) is 15.7 Å². The summed E-state index contributed by atoms with van der Waals surface area (Å²) in [5.74, 6) is 0.161. The summed E-state index contributed by atoms with van der Waals surface area (Å²) in [7, 11) is 0. The molecule has 0 radical (unpaired) electrons. The van der Waals surface area contributed by atoms with E-state index in [1.807, 2.05) is 19.1 Å². The van der Waals surface area contributed by atoms with E-state index in [9.17, 15) is 4.79 Å². The molecule has 82 valence electrons. The summed E-state index contributed by atoms with van der Waals surface area (Å²) in [5.41, 5.74) is 8.12. The molecule has 2 N–H and O–H groups in total. The number of rotatable bonds is 1. The first-order valence-electron chi connectivity index (χ1n) is 5.01.